The summed E-state index contributed by atoms with van der Waals surface area (Å²) >= 11 is 0.792. The van der Waals surface area contributed by atoms with Gasteiger partial charge in [-0.25, -0.2) is 0 Å². The van der Waals surface area contributed by atoms with Crippen LogP contribution in [0, 0.1) is 6.92 Å². The number of methoxy groups -OCH3 is 3. The lowest BCUT2D eigenvalue weighted by Crippen LogP contribution is -2.36. The molecule has 162 valence electrons. The van der Waals surface area contributed by atoms with Gasteiger partial charge in [-0.2, -0.15) is 0 Å². The molecule has 1 heterocycles. The normalized spacial score (nSPS) is 14.7. The fourth-order valence-electron chi connectivity index (χ4n) is 2.95. The Morgan fingerprint density at radius 2 is 1.68 bits per heavy atom. The second kappa shape index (κ2) is 9.57. The van der Waals surface area contributed by atoms with Crippen LogP contribution in [0.15, 0.2) is 41.3 Å². The molecule has 8 nitrogen and oxygen atoms in total. The molecule has 0 aliphatic carbocycles. The van der Waals surface area contributed by atoms with Gasteiger partial charge in [-0.3, -0.25) is 19.3 Å². The lowest BCUT2D eigenvalue weighted by molar-refractivity contribution is -0.127. The quantitative estimate of drug-likeness (QED) is 0.654. The van der Waals surface area contributed by atoms with Crippen LogP contribution < -0.4 is 19.5 Å². The molecule has 0 saturated carbocycles. The minimum atomic E-state index is -0.519. The average Bonchev–Trinajstić information content (AvgIpc) is 3.02. The highest BCUT2D eigenvalue weighted by Crippen LogP contribution is 2.35. The Morgan fingerprint density at radius 1 is 1.03 bits per heavy atom. The number of rotatable bonds is 7. The summed E-state index contributed by atoms with van der Waals surface area (Å²) in [6.07, 6.45) is 1.61. The summed E-state index contributed by atoms with van der Waals surface area (Å²) in [5.41, 5.74) is 2.10. The monoisotopic (exact) mass is 442 g/mol. The fraction of sp³-hybridized carbons (Fsp3) is 0.227. The van der Waals surface area contributed by atoms with Crippen LogP contribution in [0.25, 0.3) is 6.08 Å². The van der Waals surface area contributed by atoms with Gasteiger partial charge >= 0.3 is 0 Å². The first kappa shape index (κ1) is 22.2. The molecule has 31 heavy (non-hydrogen) atoms. The van der Waals surface area contributed by atoms with Crippen LogP contribution in [0.2, 0.25) is 0 Å². The van der Waals surface area contributed by atoms with Gasteiger partial charge in [-0.1, -0.05) is 0 Å². The zero-order valence-electron chi connectivity index (χ0n) is 17.6. The second-order valence-electron chi connectivity index (χ2n) is 6.61. The molecule has 0 spiro atoms. The van der Waals surface area contributed by atoms with E-state index in [-0.39, 0.29) is 11.4 Å². The highest BCUT2D eigenvalue weighted by Gasteiger charge is 2.36. The molecule has 3 amide bonds. The number of imide groups is 1. The van der Waals surface area contributed by atoms with Crippen LogP contribution in [0.4, 0.5) is 10.5 Å². The summed E-state index contributed by atoms with van der Waals surface area (Å²) in [5, 5.41) is 2.16. The number of carbonyl (C=O) groups excluding carboxylic acids is 3. The number of benzene rings is 2. The molecule has 3 rings (SSSR count). The lowest BCUT2D eigenvalue weighted by Gasteiger charge is -2.13. The minimum Gasteiger partial charge on any atom is -0.497 e. The third kappa shape index (κ3) is 5.00. The van der Waals surface area contributed by atoms with Crippen molar-refractivity contribution in [3.05, 3.63) is 52.4 Å². The number of carbonyl (C=O) groups is 3. The largest absolute Gasteiger partial charge is 0.497 e. The Morgan fingerprint density at radius 3 is 2.29 bits per heavy atom. The molecular weight excluding hydrogens is 420 g/mol. The smallest absolute Gasteiger partial charge is 0.294 e. The third-order valence-electron chi connectivity index (χ3n) is 4.61. The second-order valence-corrected chi connectivity index (χ2v) is 7.60. The standard InChI is InChI=1S/C22H22N2O6S/c1-13-9-17(29-3)18(30-4)10-14(13)11-19-21(26)24(22(27)31-19)12-20(25)23-15-5-7-16(28-2)8-6-15/h5-11H,12H2,1-4H3,(H,23,25)/b19-11-. The number of nitrogens with zero attached hydrogens (tertiary/aromatic N) is 1. The van der Waals surface area contributed by atoms with Crippen LogP contribution in [-0.2, 0) is 9.59 Å². The molecule has 0 atom stereocenters. The molecule has 0 unspecified atom stereocenters. The summed E-state index contributed by atoms with van der Waals surface area (Å²) in [6.45, 7) is 1.49. The van der Waals surface area contributed by atoms with Crippen molar-refractivity contribution >= 4 is 40.6 Å². The van der Waals surface area contributed by atoms with Crippen molar-refractivity contribution < 1.29 is 28.6 Å². The predicted octanol–water partition coefficient (Wildman–Crippen LogP) is 3.70. The maximum atomic E-state index is 12.7. The van der Waals surface area contributed by atoms with Crippen LogP contribution in [0.5, 0.6) is 17.2 Å². The molecule has 2 aromatic rings. The van der Waals surface area contributed by atoms with Gasteiger partial charge in [0, 0.05) is 5.69 Å². The zero-order chi connectivity index (χ0) is 22.5. The van der Waals surface area contributed by atoms with Crippen LogP contribution in [-0.4, -0.2) is 49.8 Å². The van der Waals surface area contributed by atoms with Crippen molar-refractivity contribution in [3.8, 4) is 17.2 Å². The highest BCUT2D eigenvalue weighted by molar-refractivity contribution is 8.18. The molecule has 1 aliphatic heterocycles. The third-order valence-corrected chi connectivity index (χ3v) is 5.52. The first-order valence-corrected chi connectivity index (χ1v) is 10.1. The van der Waals surface area contributed by atoms with E-state index in [1.807, 2.05) is 6.92 Å². The number of amides is 3. The summed E-state index contributed by atoms with van der Waals surface area (Å²) in [6, 6.07) is 10.3. The number of thioether (sulfide) groups is 1. The van der Waals surface area contributed by atoms with Gasteiger partial charge in [0.05, 0.1) is 26.2 Å². The summed E-state index contributed by atoms with van der Waals surface area (Å²) in [5.74, 6) is 0.738. The van der Waals surface area contributed by atoms with E-state index in [9.17, 15) is 14.4 Å². The zero-order valence-corrected chi connectivity index (χ0v) is 18.4. The van der Waals surface area contributed by atoms with E-state index >= 15 is 0 Å². The first-order chi connectivity index (χ1) is 14.9. The number of hydrogen-bond acceptors (Lipinski definition) is 7. The Bertz CT molecular complexity index is 1050. The molecule has 0 bridgehead atoms. The van der Waals surface area contributed by atoms with Crippen molar-refractivity contribution in [2.24, 2.45) is 0 Å². The molecule has 1 saturated heterocycles. The summed E-state index contributed by atoms with van der Waals surface area (Å²) < 4.78 is 15.6. The molecule has 9 heteroatoms. The van der Waals surface area contributed by atoms with E-state index < -0.39 is 17.1 Å². The van der Waals surface area contributed by atoms with Crippen molar-refractivity contribution in [2.45, 2.75) is 6.92 Å². The van der Waals surface area contributed by atoms with Crippen LogP contribution in [0.1, 0.15) is 11.1 Å². The molecule has 2 aromatic carbocycles. The van der Waals surface area contributed by atoms with Crippen LogP contribution >= 0.6 is 11.8 Å². The van der Waals surface area contributed by atoms with Crippen molar-refractivity contribution in [1.29, 1.82) is 0 Å². The molecule has 1 aliphatic rings. The number of anilines is 1. The number of hydrogen-bond donors (Lipinski definition) is 1. The topological polar surface area (TPSA) is 94.2 Å². The Balaban J connectivity index is 1.73. The molecule has 0 radical (unpaired) electrons. The SMILES string of the molecule is COc1ccc(NC(=O)CN2C(=O)S/C(=C\c3cc(OC)c(OC)cc3C)C2=O)cc1. The molecule has 0 aromatic heterocycles. The summed E-state index contributed by atoms with van der Waals surface area (Å²) in [7, 11) is 4.61. The van der Waals surface area contributed by atoms with Gasteiger partial charge in [0.25, 0.3) is 11.1 Å². The van der Waals surface area contributed by atoms with E-state index in [2.05, 4.69) is 5.32 Å². The van der Waals surface area contributed by atoms with Gasteiger partial charge in [-0.15, -0.1) is 0 Å². The van der Waals surface area contributed by atoms with E-state index in [1.54, 1.807) is 56.7 Å². The van der Waals surface area contributed by atoms with E-state index in [4.69, 9.17) is 14.2 Å². The molecule has 1 fully saturated rings. The van der Waals surface area contributed by atoms with Gasteiger partial charge < -0.3 is 19.5 Å². The Hall–Kier alpha value is -3.46. The van der Waals surface area contributed by atoms with Gasteiger partial charge in [0.1, 0.15) is 12.3 Å². The molecule has 1 N–H and O–H groups in total. The van der Waals surface area contributed by atoms with E-state index in [0.29, 0.717) is 28.5 Å². The van der Waals surface area contributed by atoms with E-state index in [1.165, 1.54) is 7.11 Å². The van der Waals surface area contributed by atoms with E-state index in [0.717, 1.165) is 22.2 Å². The first-order valence-electron chi connectivity index (χ1n) is 9.28. The Kier molecular flexibility index (Phi) is 6.86. The predicted molar refractivity (Wildman–Crippen MR) is 119 cm³/mol. The number of nitrogens with one attached hydrogen (secondary N) is 1. The molecular formula is C22H22N2O6S. The van der Waals surface area contributed by atoms with Crippen LogP contribution in [0.3, 0.4) is 0 Å². The number of ether oxygens (including phenoxy) is 3. The average molecular weight is 442 g/mol. The maximum Gasteiger partial charge on any atom is 0.294 e. The Labute approximate surface area is 184 Å². The fourth-order valence-corrected chi connectivity index (χ4v) is 3.78. The lowest BCUT2D eigenvalue weighted by atomic mass is 10.1. The maximum absolute atomic E-state index is 12.7. The van der Waals surface area contributed by atoms with Crippen molar-refractivity contribution in [2.75, 3.05) is 33.2 Å². The van der Waals surface area contributed by atoms with Gasteiger partial charge in [-0.05, 0) is 72.3 Å². The van der Waals surface area contributed by atoms with Gasteiger partial charge in [0.15, 0.2) is 11.5 Å². The van der Waals surface area contributed by atoms with Crippen molar-refractivity contribution in [1.82, 2.24) is 4.90 Å². The minimum absolute atomic E-state index is 0.234. The van der Waals surface area contributed by atoms with Gasteiger partial charge in [0.2, 0.25) is 5.91 Å². The number of aryl methyl sites for hydroxylation is 1. The summed E-state index contributed by atoms with van der Waals surface area (Å²) in [4.78, 5) is 38.6. The highest BCUT2D eigenvalue weighted by atomic mass is 32.2. The van der Waals surface area contributed by atoms with Crippen molar-refractivity contribution in [3.63, 3.8) is 0 Å².